The number of fused-ring (bicyclic) bond motifs is 2. The molecule has 2 aliphatic rings. The maximum absolute atomic E-state index is 11.5. The fourth-order valence-electron chi connectivity index (χ4n) is 3.35. The van der Waals surface area contributed by atoms with Crippen LogP contribution in [0.2, 0.25) is 0 Å². The third kappa shape index (κ3) is 2.02. The van der Waals surface area contributed by atoms with E-state index in [2.05, 4.69) is 0 Å². The summed E-state index contributed by atoms with van der Waals surface area (Å²) in [6.45, 7) is 4.03. The van der Waals surface area contributed by atoms with Gasteiger partial charge < -0.3 is 0 Å². The van der Waals surface area contributed by atoms with Crippen LogP contribution in [0.25, 0.3) is 0 Å². The van der Waals surface area contributed by atoms with Gasteiger partial charge in [0.15, 0.2) is 0 Å². The van der Waals surface area contributed by atoms with Crippen LogP contribution in [-0.2, 0) is 4.79 Å². The number of carbonyl (C=O) groups excluding carboxylic acids is 1. The second-order valence-corrected chi connectivity index (χ2v) is 5.59. The Bertz CT molecular complexity index is 219. The zero-order chi connectivity index (χ0) is 10.1. The van der Waals surface area contributed by atoms with E-state index in [0.29, 0.717) is 5.78 Å². The van der Waals surface area contributed by atoms with Gasteiger partial charge in [-0.05, 0) is 43.4 Å². The molecule has 0 spiro atoms. The normalized spacial score (nSPS) is 35.5. The van der Waals surface area contributed by atoms with Crippen molar-refractivity contribution in [3.63, 3.8) is 0 Å². The summed E-state index contributed by atoms with van der Waals surface area (Å²) in [5, 5.41) is 0. The van der Waals surface area contributed by atoms with Crippen LogP contribution in [0, 0.1) is 23.7 Å². The van der Waals surface area contributed by atoms with Crippen LogP contribution in [0.5, 0.6) is 0 Å². The van der Waals surface area contributed by atoms with E-state index < -0.39 is 0 Å². The van der Waals surface area contributed by atoms with E-state index in [1.165, 1.54) is 32.1 Å². The third-order valence-corrected chi connectivity index (χ3v) is 4.29. The summed E-state index contributed by atoms with van der Waals surface area (Å²) in [6.07, 6.45) is 7.84. The number of hydrogen-bond donors (Lipinski definition) is 0. The van der Waals surface area contributed by atoms with E-state index in [0.717, 1.165) is 24.2 Å². The molecule has 2 rings (SSSR count). The highest BCUT2D eigenvalue weighted by Gasteiger charge is 2.39. The van der Waals surface area contributed by atoms with Crippen LogP contribution in [0.15, 0.2) is 0 Å². The van der Waals surface area contributed by atoms with Gasteiger partial charge in [-0.3, -0.25) is 4.79 Å². The van der Waals surface area contributed by atoms with Crippen molar-refractivity contribution in [2.24, 2.45) is 23.7 Å². The summed E-state index contributed by atoms with van der Waals surface area (Å²) in [4.78, 5) is 11.5. The first-order valence-electron chi connectivity index (χ1n) is 6.19. The second kappa shape index (κ2) is 4.04. The maximum Gasteiger partial charge on any atom is 0.135 e. The Morgan fingerprint density at radius 2 is 2.07 bits per heavy atom. The van der Waals surface area contributed by atoms with Crippen LogP contribution in [0.1, 0.15) is 52.4 Å². The summed E-state index contributed by atoms with van der Waals surface area (Å²) in [6, 6.07) is 0. The molecule has 0 aromatic heterocycles. The number of carbonyl (C=O) groups is 1. The van der Waals surface area contributed by atoms with Crippen molar-refractivity contribution < 1.29 is 4.79 Å². The van der Waals surface area contributed by atoms with Gasteiger partial charge in [-0.15, -0.1) is 0 Å². The van der Waals surface area contributed by atoms with Gasteiger partial charge in [0.25, 0.3) is 0 Å². The lowest BCUT2D eigenvalue weighted by molar-refractivity contribution is -0.122. The molecule has 3 atom stereocenters. The molecule has 0 aromatic carbocycles. The maximum atomic E-state index is 11.5. The van der Waals surface area contributed by atoms with Crippen molar-refractivity contribution in [2.45, 2.75) is 52.4 Å². The first-order valence-corrected chi connectivity index (χ1v) is 6.19. The van der Waals surface area contributed by atoms with Gasteiger partial charge in [0.2, 0.25) is 0 Å². The molecule has 1 nitrogen and oxygen atoms in total. The molecule has 3 unspecified atom stereocenters. The summed E-state index contributed by atoms with van der Waals surface area (Å²) in [7, 11) is 0. The van der Waals surface area contributed by atoms with Crippen LogP contribution >= 0.6 is 0 Å². The lowest BCUT2D eigenvalue weighted by atomic mass is 9.84. The average molecular weight is 194 g/mol. The Labute approximate surface area is 87.3 Å². The Morgan fingerprint density at radius 3 is 2.57 bits per heavy atom. The monoisotopic (exact) mass is 194 g/mol. The molecule has 1 heteroatoms. The van der Waals surface area contributed by atoms with Gasteiger partial charge >= 0.3 is 0 Å². The van der Waals surface area contributed by atoms with Gasteiger partial charge in [-0.25, -0.2) is 0 Å². The Balaban J connectivity index is 1.74. The van der Waals surface area contributed by atoms with Crippen molar-refractivity contribution in [1.82, 2.24) is 0 Å². The highest BCUT2D eigenvalue weighted by Crippen LogP contribution is 2.49. The molecule has 80 valence electrons. The molecule has 0 radical (unpaired) electrons. The fraction of sp³-hybridized carbons (Fsp3) is 0.923. The lowest BCUT2D eigenvalue weighted by Crippen LogP contribution is -2.14. The topological polar surface area (TPSA) is 17.1 Å². The molecule has 2 bridgehead atoms. The molecule has 2 aliphatic carbocycles. The Morgan fingerprint density at radius 1 is 1.29 bits per heavy atom. The highest BCUT2D eigenvalue weighted by molar-refractivity contribution is 5.80. The summed E-state index contributed by atoms with van der Waals surface area (Å²) in [5.41, 5.74) is 0. The lowest BCUT2D eigenvalue weighted by Gasteiger charge is -2.21. The minimum atomic E-state index is 0.244. The summed E-state index contributed by atoms with van der Waals surface area (Å²) >= 11 is 0. The average Bonchev–Trinajstić information content (AvgIpc) is 2.74. The first-order chi connectivity index (χ1) is 6.66. The van der Waals surface area contributed by atoms with E-state index in [-0.39, 0.29) is 5.92 Å². The predicted molar refractivity (Wildman–Crippen MR) is 58.0 cm³/mol. The summed E-state index contributed by atoms with van der Waals surface area (Å²) < 4.78 is 0. The highest BCUT2D eigenvalue weighted by atomic mass is 16.1. The number of rotatable bonds is 4. The standard InChI is InChI=1S/C13H22O/c1-9(2)13(14)6-5-12-8-10-3-4-11(12)7-10/h9-12H,3-8H2,1-2H3. The van der Waals surface area contributed by atoms with E-state index in [4.69, 9.17) is 0 Å². The minimum absolute atomic E-state index is 0.244. The molecule has 14 heavy (non-hydrogen) atoms. The number of Topliss-reactive ketones (excluding diaryl/α,β-unsaturated/α-hetero) is 1. The van der Waals surface area contributed by atoms with Crippen LogP contribution in [0.3, 0.4) is 0 Å². The van der Waals surface area contributed by atoms with Gasteiger partial charge in [0.05, 0.1) is 0 Å². The first kappa shape index (κ1) is 10.2. The number of hydrogen-bond acceptors (Lipinski definition) is 1. The van der Waals surface area contributed by atoms with Gasteiger partial charge in [0, 0.05) is 12.3 Å². The fourth-order valence-corrected chi connectivity index (χ4v) is 3.35. The molecule has 0 heterocycles. The van der Waals surface area contributed by atoms with E-state index in [9.17, 15) is 4.79 Å². The minimum Gasteiger partial charge on any atom is -0.299 e. The largest absolute Gasteiger partial charge is 0.299 e. The van der Waals surface area contributed by atoms with Crippen molar-refractivity contribution in [2.75, 3.05) is 0 Å². The summed E-state index contributed by atoms with van der Waals surface area (Å²) in [5.74, 6) is 3.62. The van der Waals surface area contributed by atoms with Crippen molar-refractivity contribution in [1.29, 1.82) is 0 Å². The molecule has 0 amide bonds. The molecular weight excluding hydrogens is 172 g/mol. The van der Waals surface area contributed by atoms with Crippen LogP contribution in [0.4, 0.5) is 0 Å². The van der Waals surface area contributed by atoms with E-state index in [1.807, 2.05) is 13.8 Å². The number of ketones is 1. The van der Waals surface area contributed by atoms with Crippen LogP contribution in [-0.4, -0.2) is 5.78 Å². The smallest absolute Gasteiger partial charge is 0.135 e. The predicted octanol–water partition coefficient (Wildman–Crippen LogP) is 3.43. The van der Waals surface area contributed by atoms with Crippen molar-refractivity contribution >= 4 is 5.78 Å². The van der Waals surface area contributed by atoms with E-state index in [1.54, 1.807) is 0 Å². The molecule has 0 N–H and O–H groups in total. The van der Waals surface area contributed by atoms with Crippen molar-refractivity contribution in [3.8, 4) is 0 Å². The quantitative estimate of drug-likeness (QED) is 0.670. The third-order valence-electron chi connectivity index (χ3n) is 4.29. The molecule has 2 fully saturated rings. The van der Waals surface area contributed by atoms with Crippen LogP contribution < -0.4 is 0 Å². The van der Waals surface area contributed by atoms with Gasteiger partial charge in [-0.1, -0.05) is 20.3 Å². The molecule has 2 saturated carbocycles. The molecular formula is C13H22O. The van der Waals surface area contributed by atoms with Gasteiger partial charge in [-0.2, -0.15) is 0 Å². The van der Waals surface area contributed by atoms with Crippen molar-refractivity contribution in [3.05, 3.63) is 0 Å². The van der Waals surface area contributed by atoms with E-state index >= 15 is 0 Å². The SMILES string of the molecule is CC(C)C(=O)CCC1CC2CCC1C2. The second-order valence-electron chi connectivity index (χ2n) is 5.59. The Kier molecular flexibility index (Phi) is 2.94. The molecule has 0 aliphatic heterocycles. The molecule has 0 saturated heterocycles. The van der Waals surface area contributed by atoms with Gasteiger partial charge in [0.1, 0.15) is 5.78 Å². The zero-order valence-electron chi connectivity index (χ0n) is 9.46. The molecule has 0 aromatic rings. The Hall–Kier alpha value is -0.330. The zero-order valence-corrected chi connectivity index (χ0v) is 9.46.